The summed E-state index contributed by atoms with van der Waals surface area (Å²) < 4.78 is 49.3. The van der Waals surface area contributed by atoms with Crippen LogP contribution in [0.25, 0.3) is 0 Å². The minimum absolute atomic E-state index is 0.0101. The summed E-state index contributed by atoms with van der Waals surface area (Å²) in [7, 11) is 1.43. The first-order chi connectivity index (χ1) is 13.7. The third-order valence-electron chi connectivity index (χ3n) is 4.36. The molecule has 0 saturated carbocycles. The summed E-state index contributed by atoms with van der Waals surface area (Å²) >= 11 is 0. The molecule has 1 fully saturated rings. The maximum absolute atomic E-state index is 12.9. The van der Waals surface area contributed by atoms with Crippen molar-refractivity contribution in [2.24, 2.45) is 0 Å². The normalized spacial score (nSPS) is 16.3. The average molecular weight is 408 g/mol. The largest absolute Gasteiger partial charge is 0.495 e. The monoisotopic (exact) mass is 408 g/mol. The van der Waals surface area contributed by atoms with Gasteiger partial charge >= 0.3 is 6.18 Å². The van der Waals surface area contributed by atoms with Crippen molar-refractivity contribution in [3.8, 4) is 17.2 Å². The maximum Gasteiger partial charge on any atom is 0.416 e. The van der Waals surface area contributed by atoms with Gasteiger partial charge in [-0.1, -0.05) is 6.07 Å². The van der Waals surface area contributed by atoms with E-state index in [-0.39, 0.29) is 35.8 Å². The van der Waals surface area contributed by atoms with E-state index < -0.39 is 11.7 Å². The molecular weight excluding hydrogens is 389 g/mol. The third-order valence-corrected chi connectivity index (χ3v) is 4.36. The van der Waals surface area contributed by atoms with Crippen LogP contribution in [0.4, 0.5) is 18.9 Å². The van der Waals surface area contributed by atoms with Crippen molar-refractivity contribution in [2.75, 3.05) is 12.4 Å². The topological polar surface area (TPSA) is 76.7 Å². The molecule has 154 valence electrons. The summed E-state index contributed by atoms with van der Waals surface area (Å²) in [5, 5.41) is 5.40. The fourth-order valence-electron chi connectivity index (χ4n) is 2.98. The summed E-state index contributed by atoms with van der Waals surface area (Å²) in [4.78, 5) is 23.5. The van der Waals surface area contributed by atoms with Crippen LogP contribution >= 0.6 is 0 Å². The predicted octanol–water partition coefficient (Wildman–Crippen LogP) is 4.11. The van der Waals surface area contributed by atoms with Gasteiger partial charge in [-0.05, 0) is 36.8 Å². The summed E-state index contributed by atoms with van der Waals surface area (Å²) in [6.45, 7) is 0. The molecule has 0 aromatic heterocycles. The standard InChI is InChI=1S/C20H19F3N2O4/c1-28-17-7-6-15(29-14-4-2-3-12(9-14)20(21,22)23)11-16(17)25-19(27)10-13-5-8-18(26)24-13/h2-4,6-7,9,11,13H,5,8,10H2,1H3,(H,24,26)(H,25,27). The number of amides is 2. The molecule has 2 aromatic rings. The van der Waals surface area contributed by atoms with Crippen molar-refractivity contribution in [2.45, 2.75) is 31.5 Å². The Morgan fingerprint density at radius 1 is 1.21 bits per heavy atom. The zero-order valence-electron chi connectivity index (χ0n) is 15.5. The minimum Gasteiger partial charge on any atom is -0.495 e. The van der Waals surface area contributed by atoms with Crippen molar-refractivity contribution < 1.29 is 32.2 Å². The van der Waals surface area contributed by atoms with E-state index in [9.17, 15) is 22.8 Å². The van der Waals surface area contributed by atoms with Crippen LogP contribution in [0, 0.1) is 0 Å². The van der Waals surface area contributed by atoms with Crippen LogP contribution in [0.2, 0.25) is 0 Å². The van der Waals surface area contributed by atoms with E-state index in [1.807, 2.05) is 0 Å². The lowest BCUT2D eigenvalue weighted by Crippen LogP contribution is -2.29. The van der Waals surface area contributed by atoms with Crippen LogP contribution in [0.1, 0.15) is 24.8 Å². The van der Waals surface area contributed by atoms with Gasteiger partial charge in [0.1, 0.15) is 17.2 Å². The van der Waals surface area contributed by atoms with Crippen LogP contribution < -0.4 is 20.1 Å². The zero-order valence-corrected chi connectivity index (χ0v) is 15.5. The molecule has 2 aromatic carbocycles. The molecule has 9 heteroatoms. The number of hydrogen-bond acceptors (Lipinski definition) is 4. The number of nitrogens with one attached hydrogen (secondary N) is 2. The number of alkyl halides is 3. The number of ether oxygens (including phenoxy) is 2. The number of methoxy groups -OCH3 is 1. The molecule has 0 radical (unpaired) electrons. The van der Waals surface area contributed by atoms with Crippen molar-refractivity contribution in [1.82, 2.24) is 5.32 Å². The van der Waals surface area contributed by atoms with Gasteiger partial charge in [-0.25, -0.2) is 0 Å². The SMILES string of the molecule is COc1ccc(Oc2cccc(C(F)(F)F)c2)cc1NC(=O)CC1CCC(=O)N1. The summed E-state index contributed by atoms with van der Waals surface area (Å²) in [6, 6.07) is 8.80. The van der Waals surface area contributed by atoms with Crippen molar-refractivity contribution >= 4 is 17.5 Å². The Morgan fingerprint density at radius 3 is 2.62 bits per heavy atom. The van der Waals surface area contributed by atoms with E-state index in [2.05, 4.69) is 10.6 Å². The predicted molar refractivity (Wildman–Crippen MR) is 98.9 cm³/mol. The first-order valence-electron chi connectivity index (χ1n) is 8.87. The highest BCUT2D eigenvalue weighted by Gasteiger charge is 2.30. The van der Waals surface area contributed by atoms with Gasteiger partial charge in [-0.15, -0.1) is 0 Å². The highest BCUT2D eigenvalue weighted by Crippen LogP contribution is 2.35. The van der Waals surface area contributed by atoms with E-state index >= 15 is 0 Å². The Labute approximate surface area is 165 Å². The zero-order chi connectivity index (χ0) is 21.0. The molecular formula is C20H19F3N2O4. The second kappa shape index (κ2) is 8.42. The smallest absolute Gasteiger partial charge is 0.416 e. The summed E-state index contributed by atoms with van der Waals surface area (Å²) in [5.41, 5.74) is -0.512. The Hall–Kier alpha value is -3.23. The highest BCUT2D eigenvalue weighted by molar-refractivity contribution is 5.93. The van der Waals surface area contributed by atoms with Gasteiger partial charge in [0, 0.05) is 24.9 Å². The number of carbonyl (C=O) groups excluding carboxylic acids is 2. The summed E-state index contributed by atoms with van der Waals surface area (Å²) in [5.74, 6) is 0.194. The summed E-state index contributed by atoms with van der Waals surface area (Å²) in [6.07, 6.45) is -3.40. The van der Waals surface area contributed by atoms with Gasteiger partial charge in [-0.2, -0.15) is 13.2 Å². The first kappa shape index (κ1) is 20.5. The van der Waals surface area contributed by atoms with Gasteiger partial charge in [-0.3, -0.25) is 9.59 Å². The maximum atomic E-state index is 12.9. The van der Waals surface area contributed by atoms with E-state index in [1.165, 1.54) is 37.4 Å². The van der Waals surface area contributed by atoms with Crippen LogP contribution in [0.15, 0.2) is 42.5 Å². The fourth-order valence-corrected chi connectivity index (χ4v) is 2.98. The average Bonchev–Trinajstić information content (AvgIpc) is 3.06. The van der Waals surface area contributed by atoms with Gasteiger partial charge in [0.15, 0.2) is 0 Å². The Kier molecular flexibility index (Phi) is 5.95. The molecule has 2 N–H and O–H groups in total. The van der Waals surface area contributed by atoms with Gasteiger partial charge in [0.25, 0.3) is 0 Å². The van der Waals surface area contributed by atoms with Crippen molar-refractivity contribution in [3.05, 3.63) is 48.0 Å². The number of hydrogen-bond donors (Lipinski definition) is 2. The number of carbonyl (C=O) groups is 2. The van der Waals surface area contributed by atoms with E-state index in [4.69, 9.17) is 9.47 Å². The van der Waals surface area contributed by atoms with Gasteiger partial charge in [0.2, 0.25) is 11.8 Å². The molecule has 6 nitrogen and oxygen atoms in total. The second-order valence-electron chi connectivity index (χ2n) is 6.55. The number of benzene rings is 2. The third kappa shape index (κ3) is 5.40. The molecule has 1 aliphatic rings. The first-order valence-corrected chi connectivity index (χ1v) is 8.87. The molecule has 1 heterocycles. The molecule has 3 rings (SSSR count). The molecule has 1 atom stereocenters. The Bertz CT molecular complexity index is 915. The molecule has 0 aliphatic carbocycles. The molecule has 0 bridgehead atoms. The quantitative estimate of drug-likeness (QED) is 0.754. The van der Waals surface area contributed by atoms with Crippen LogP contribution in [0.5, 0.6) is 17.2 Å². The Balaban J connectivity index is 1.73. The Morgan fingerprint density at radius 2 is 1.97 bits per heavy atom. The number of anilines is 1. The molecule has 2 amide bonds. The minimum atomic E-state index is -4.48. The van der Waals surface area contributed by atoms with Crippen molar-refractivity contribution in [3.63, 3.8) is 0 Å². The molecule has 1 unspecified atom stereocenters. The van der Waals surface area contributed by atoms with Crippen LogP contribution in [-0.2, 0) is 15.8 Å². The van der Waals surface area contributed by atoms with Gasteiger partial charge in [0.05, 0.1) is 18.4 Å². The fraction of sp³-hybridized carbons (Fsp3) is 0.300. The van der Waals surface area contributed by atoms with E-state index in [1.54, 1.807) is 0 Å². The second-order valence-corrected chi connectivity index (χ2v) is 6.55. The van der Waals surface area contributed by atoms with Crippen LogP contribution in [-0.4, -0.2) is 25.0 Å². The van der Waals surface area contributed by atoms with Crippen molar-refractivity contribution in [1.29, 1.82) is 0 Å². The number of halogens is 3. The van der Waals surface area contributed by atoms with Crippen LogP contribution in [0.3, 0.4) is 0 Å². The number of rotatable bonds is 6. The lowest BCUT2D eigenvalue weighted by molar-refractivity contribution is -0.137. The van der Waals surface area contributed by atoms with E-state index in [0.717, 1.165) is 12.1 Å². The lowest BCUT2D eigenvalue weighted by atomic mass is 10.1. The molecule has 1 saturated heterocycles. The highest BCUT2D eigenvalue weighted by atomic mass is 19.4. The lowest BCUT2D eigenvalue weighted by Gasteiger charge is -2.15. The van der Waals surface area contributed by atoms with Gasteiger partial charge < -0.3 is 20.1 Å². The molecule has 29 heavy (non-hydrogen) atoms. The molecule has 0 spiro atoms. The molecule has 1 aliphatic heterocycles. The van der Waals surface area contributed by atoms with E-state index in [0.29, 0.717) is 24.3 Å².